The number of nitriles is 1. The van der Waals surface area contributed by atoms with E-state index in [-0.39, 0.29) is 17.9 Å². The minimum atomic E-state index is -3.10. The fourth-order valence-corrected chi connectivity index (χ4v) is 1.59. The summed E-state index contributed by atoms with van der Waals surface area (Å²) in [7, 11) is -3.10. The third-order valence-corrected chi connectivity index (χ3v) is 2.77. The van der Waals surface area contributed by atoms with Crippen LogP contribution in [0.3, 0.4) is 0 Å². The SMILES string of the molecule is CS(=O)(=O)CCn1cccc(C#N)c1=O. The van der Waals surface area contributed by atoms with E-state index in [1.165, 1.54) is 16.8 Å². The number of hydrogen-bond acceptors (Lipinski definition) is 4. The summed E-state index contributed by atoms with van der Waals surface area (Å²) in [5.74, 6) is -0.109. The van der Waals surface area contributed by atoms with Crippen LogP contribution in [-0.4, -0.2) is 25.0 Å². The first-order valence-electron chi connectivity index (χ1n) is 4.21. The molecule has 1 aromatic rings. The Hall–Kier alpha value is -1.61. The van der Waals surface area contributed by atoms with Crippen molar-refractivity contribution >= 4 is 9.84 Å². The minimum absolute atomic E-state index is 0.0194. The molecule has 0 amide bonds. The number of hydrogen-bond donors (Lipinski definition) is 0. The highest BCUT2D eigenvalue weighted by Gasteiger charge is 2.05. The molecule has 0 N–H and O–H groups in total. The van der Waals surface area contributed by atoms with Gasteiger partial charge in [-0.25, -0.2) is 8.42 Å². The second kappa shape index (κ2) is 4.28. The highest BCUT2D eigenvalue weighted by molar-refractivity contribution is 7.90. The summed E-state index contributed by atoms with van der Waals surface area (Å²) in [5, 5.41) is 8.59. The second-order valence-electron chi connectivity index (χ2n) is 3.16. The van der Waals surface area contributed by atoms with Crippen molar-refractivity contribution < 1.29 is 8.42 Å². The first kappa shape index (κ1) is 11.5. The number of pyridine rings is 1. The average Bonchev–Trinajstić information content (AvgIpc) is 2.15. The Labute approximate surface area is 87.5 Å². The van der Waals surface area contributed by atoms with Crippen molar-refractivity contribution in [2.45, 2.75) is 6.54 Å². The first-order valence-corrected chi connectivity index (χ1v) is 6.27. The lowest BCUT2D eigenvalue weighted by molar-refractivity contribution is 0.593. The second-order valence-corrected chi connectivity index (χ2v) is 5.42. The Kier molecular flexibility index (Phi) is 3.27. The van der Waals surface area contributed by atoms with Gasteiger partial charge in [-0.2, -0.15) is 5.26 Å². The Balaban J connectivity index is 2.98. The predicted molar refractivity (Wildman–Crippen MR) is 55.1 cm³/mol. The molecule has 0 aliphatic heterocycles. The van der Waals surface area contributed by atoms with E-state index in [2.05, 4.69) is 0 Å². The van der Waals surface area contributed by atoms with Crippen LogP contribution in [0.2, 0.25) is 0 Å². The van der Waals surface area contributed by atoms with E-state index in [0.717, 1.165) is 6.26 Å². The molecule has 1 aromatic heterocycles. The van der Waals surface area contributed by atoms with E-state index < -0.39 is 15.4 Å². The van der Waals surface area contributed by atoms with Gasteiger partial charge >= 0.3 is 0 Å². The van der Waals surface area contributed by atoms with E-state index in [1.807, 2.05) is 0 Å². The molecule has 1 rings (SSSR count). The summed E-state index contributed by atoms with van der Waals surface area (Å²) in [6.45, 7) is 0.0766. The Morgan fingerprint density at radius 3 is 2.73 bits per heavy atom. The summed E-state index contributed by atoms with van der Waals surface area (Å²) >= 11 is 0. The number of nitrogens with zero attached hydrogens (tertiary/aromatic N) is 2. The van der Waals surface area contributed by atoms with Gasteiger partial charge < -0.3 is 4.57 Å². The molecule has 15 heavy (non-hydrogen) atoms. The van der Waals surface area contributed by atoms with Crippen LogP contribution in [0.1, 0.15) is 5.56 Å². The van der Waals surface area contributed by atoms with Crippen molar-refractivity contribution in [2.24, 2.45) is 0 Å². The lowest BCUT2D eigenvalue weighted by atomic mass is 10.3. The number of aryl methyl sites for hydroxylation is 1. The van der Waals surface area contributed by atoms with Crippen LogP contribution in [0.25, 0.3) is 0 Å². The summed E-state index contributed by atoms with van der Waals surface area (Å²) in [6, 6.07) is 4.70. The van der Waals surface area contributed by atoms with Crippen LogP contribution in [0.5, 0.6) is 0 Å². The molecular formula is C9H10N2O3S. The molecule has 0 fully saturated rings. The molecule has 0 unspecified atom stereocenters. The number of aromatic nitrogens is 1. The van der Waals surface area contributed by atoms with Crippen LogP contribution in [0.15, 0.2) is 23.1 Å². The van der Waals surface area contributed by atoms with E-state index in [9.17, 15) is 13.2 Å². The molecule has 80 valence electrons. The van der Waals surface area contributed by atoms with Gasteiger partial charge in [0, 0.05) is 19.0 Å². The Bertz CT molecular complexity index is 551. The fraction of sp³-hybridized carbons (Fsp3) is 0.333. The zero-order valence-electron chi connectivity index (χ0n) is 8.17. The lowest BCUT2D eigenvalue weighted by Crippen LogP contribution is -2.24. The fourth-order valence-electron chi connectivity index (χ4n) is 1.06. The van der Waals surface area contributed by atoms with Gasteiger partial charge in [-0.3, -0.25) is 4.79 Å². The van der Waals surface area contributed by atoms with Crippen LogP contribution >= 0.6 is 0 Å². The number of sulfone groups is 1. The molecule has 0 bridgehead atoms. The van der Waals surface area contributed by atoms with Gasteiger partial charge in [0.05, 0.1) is 5.75 Å². The zero-order chi connectivity index (χ0) is 11.5. The summed E-state index contributed by atoms with van der Waals surface area (Å²) in [5.41, 5.74) is -0.436. The molecule has 0 aromatic carbocycles. The molecule has 0 aliphatic rings. The van der Waals surface area contributed by atoms with Crippen molar-refractivity contribution in [3.05, 3.63) is 34.2 Å². The third-order valence-electron chi connectivity index (χ3n) is 1.84. The van der Waals surface area contributed by atoms with Crippen molar-refractivity contribution in [2.75, 3.05) is 12.0 Å². The summed E-state index contributed by atoms with van der Waals surface area (Å²) in [6.07, 6.45) is 2.57. The maximum Gasteiger partial charge on any atom is 0.268 e. The van der Waals surface area contributed by atoms with Crippen LogP contribution in [-0.2, 0) is 16.4 Å². The van der Waals surface area contributed by atoms with Gasteiger partial charge in [-0.05, 0) is 12.1 Å². The predicted octanol–water partition coefficient (Wildman–Crippen LogP) is -0.235. The summed E-state index contributed by atoms with van der Waals surface area (Å²) in [4.78, 5) is 11.5. The molecule has 0 radical (unpaired) electrons. The molecule has 5 nitrogen and oxygen atoms in total. The van der Waals surface area contributed by atoms with Gasteiger partial charge in [0.2, 0.25) is 0 Å². The zero-order valence-corrected chi connectivity index (χ0v) is 8.99. The van der Waals surface area contributed by atoms with Crippen molar-refractivity contribution in [3.8, 4) is 6.07 Å². The normalized spacial score (nSPS) is 10.9. The van der Waals surface area contributed by atoms with Gasteiger partial charge in [0.15, 0.2) is 0 Å². The van der Waals surface area contributed by atoms with Gasteiger partial charge in [0.1, 0.15) is 21.5 Å². The third kappa shape index (κ3) is 3.22. The molecular weight excluding hydrogens is 216 g/mol. The molecule has 6 heteroatoms. The van der Waals surface area contributed by atoms with Gasteiger partial charge in [0.25, 0.3) is 5.56 Å². The monoisotopic (exact) mass is 226 g/mol. The highest BCUT2D eigenvalue weighted by Crippen LogP contribution is 1.91. The van der Waals surface area contributed by atoms with Crippen LogP contribution in [0, 0.1) is 11.3 Å². The summed E-state index contributed by atoms with van der Waals surface area (Å²) < 4.78 is 23.0. The highest BCUT2D eigenvalue weighted by atomic mass is 32.2. The minimum Gasteiger partial charge on any atom is -0.313 e. The maximum atomic E-state index is 11.5. The quantitative estimate of drug-likeness (QED) is 0.712. The molecule has 0 spiro atoms. The molecule has 0 saturated carbocycles. The van der Waals surface area contributed by atoms with Crippen LogP contribution in [0.4, 0.5) is 0 Å². The molecule has 0 saturated heterocycles. The first-order chi connectivity index (χ1) is 6.94. The van der Waals surface area contributed by atoms with Gasteiger partial charge in [-0.15, -0.1) is 0 Å². The van der Waals surface area contributed by atoms with Crippen LogP contribution < -0.4 is 5.56 Å². The topological polar surface area (TPSA) is 79.9 Å². The van der Waals surface area contributed by atoms with Crippen molar-refractivity contribution in [3.63, 3.8) is 0 Å². The standard InChI is InChI=1S/C9H10N2O3S/c1-15(13,14)6-5-11-4-2-3-8(7-10)9(11)12/h2-4H,5-6H2,1H3. The van der Waals surface area contributed by atoms with E-state index in [4.69, 9.17) is 5.26 Å². The van der Waals surface area contributed by atoms with Crippen molar-refractivity contribution in [1.82, 2.24) is 4.57 Å². The van der Waals surface area contributed by atoms with Crippen molar-refractivity contribution in [1.29, 1.82) is 5.26 Å². The van der Waals surface area contributed by atoms with Gasteiger partial charge in [-0.1, -0.05) is 0 Å². The van der Waals surface area contributed by atoms with E-state index in [0.29, 0.717) is 0 Å². The van der Waals surface area contributed by atoms with E-state index >= 15 is 0 Å². The average molecular weight is 226 g/mol. The smallest absolute Gasteiger partial charge is 0.268 e. The maximum absolute atomic E-state index is 11.5. The number of rotatable bonds is 3. The molecule has 0 aliphatic carbocycles. The molecule has 0 atom stereocenters. The van der Waals surface area contributed by atoms with E-state index in [1.54, 1.807) is 12.1 Å². The Morgan fingerprint density at radius 2 is 2.20 bits per heavy atom. The largest absolute Gasteiger partial charge is 0.313 e. The molecule has 1 heterocycles. The lowest BCUT2D eigenvalue weighted by Gasteiger charge is -2.03. The Morgan fingerprint density at radius 1 is 1.53 bits per heavy atom.